The summed E-state index contributed by atoms with van der Waals surface area (Å²) in [6.45, 7) is 12.6. The van der Waals surface area contributed by atoms with E-state index in [2.05, 4.69) is 135 Å². The molecule has 4 nitrogen and oxygen atoms in total. The van der Waals surface area contributed by atoms with Crippen molar-refractivity contribution in [3.05, 3.63) is 129 Å². The summed E-state index contributed by atoms with van der Waals surface area (Å²) >= 11 is -6.19. The normalized spacial score (nSPS) is 16.4. The molecule has 2 N–H and O–H groups in total. The standard InChI is InChI=1S/2C22H25.C6H11BN2O2.2ClH.Hf/c2*1-3-5-10-17-15-19-12-8-14-21(22(19)16-17)20-13-7-6-11-18(20)9-4-2;1-3-5(10)8-7-9-6(11)4-2;;;/h2*6-8,11-16H,3-5,9-10H2,1-2H3;3-4H2,1-2H3,(H-,8,9,10,11);2*1H;/q;;;;;+1/p-1. The number of unbranched alkanes of at least 4 members (excludes halogenated alkanes) is 2. The van der Waals surface area contributed by atoms with Crippen LogP contribution in [0, 0.1) is 0 Å². The van der Waals surface area contributed by atoms with E-state index in [-0.39, 0.29) is 32.0 Å². The van der Waals surface area contributed by atoms with Crippen molar-refractivity contribution in [3.63, 3.8) is 0 Å². The van der Waals surface area contributed by atoms with Gasteiger partial charge in [-0.15, -0.1) is 0 Å². The Hall–Kier alpha value is -3.18. The molecule has 0 radical (unpaired) electrons. The van der Waals surface area contributed by atoms with E-state index in [0.717, 1.165) is 86.5 Å². The first-order chi connectivity index (χ1) is 28.0. The topological polar surface area (TPSA) is 58.2 Å². The van der Waals surface area contributed by atoms with E-state index < -0.39 is 20.5 Å². The van der Waals surface area contributed by atoms with Crippen LogP contribution in [0.2, 0.25) is 0 Å². The van der Waals surface area contributed by atoms with Crippen molar-refractivity contribution < 1.29 is 25.5 Å². The number of amides is 2. The van der Waals surface area contributed by atoms with Gasteiger partial charge >= 0.3 is 359 Å². The van der Waals surface area contributed by atoms with E-state index in [0.29, 0.717) is 0 Å². The average molecular weight is 983 g/mol. The van der Waals surface area contributed by atoms with Crippen molar-refractivity contribution in [3.8, 4) is 22.3 Å². The van der Waals surface area contributed by atoms with Crippen molar-refractivity contribution >= 4 is 45.7 Å². The zero-order chi connectivity index (χ0) is 41.5. The summed E-state index contributed by atoms with van der Waals surface area (Å²) in [7, 11) is 18.0. The first-order valence-corrected chi connectivity index (χ1v) is 37.2. The fourth-order valence-electron chi connectivity index (χ4n) is 9.77. The molecule has 2 unspecified atom stereocenters. The molecular weight excluding hydrogens is 921 g/mol. The zero-order valence-corrected chi connectivity index (χ0v) is 40.6. The maximum atomic E-state index is 13.8. The molecule has 6 rings (SSSR count). The Bertz CT molecular complexity index is 2050. The molecule has 0 aliphatic heterocycles. The van der Waals surface area contributed by atoms with Gasteiger partial charge in [-0.3, -0.25) is 0 Å². The SMILES string of the molecule is CCCCC1=Cc2c(-c3ccccc3CCC)cccc2[CH]1[Hf]([Cl])([Cl])([B](NC(=O)CC)NC(=O)CC)[CH]1C(CCCC)=Cc2c(-c3ccccc3CCC)cccc21. The summed E-state index contributed by atoms with van der Waals surface area (Å²) in [5.41, 5.74) is 14.4. The van der Waals surface area contributed by atoms with E-state index >= 15 is 0 Å². The summed E-state index contributed by atoms with van der Waals surface area (Å²) in [6.07, 6.45) is 14.9. The van der Waals surface area contributed by atoms with Crippen molar-refractivity contribution in [2.45, 2.75) is 126 Å². The van der Waals surface area contributed by atoms with Crippen molar-refractivity contribution in [2.24, 2.45) is 0 Å². The van der Waals surface area contributed by atoms with Gasteiger partial charge in [-0.05, 0) is 0 Å². The van der Waals surface area contributed by atoms with E-state index in [1.165, 1.54) is 44.5 Å². The third-order valence-corrected chi connectivity index (χ3v) is 41.0. The molecule has 2 aliphatic rings. The number of hydrogen-bond acceptors (Lipinski definition) is 2. The number of rotatable bonds is 19. The molecule has 2 atom stereocenters. The van der Waals surface area contributed by atoms with Gasteiger partial charge in [0.15, 0.2) is 0 Å². The molecule has 8 heteroatoms. The molecule has 58 heavy (non-hydrogen) atoms. The van der Waals surface area contributed by atoms with Crippen LogP contribution in [-0.4, -0.2) is 16.4 Å². The van der Waals surface area contributed by atoms with E-state index in [9.17, 15) is 9.59 Å². The van der Waals surface area contributed by atoms with Gasteiger partial charge in [0.05, 0.1) is 0 Å². The first-order valence-electron chi connectivity index (χ1n) is 22.0. The monoisotopic (exact) mass is 983 g/mol. The molecule has 305 valence electrons. The van der Waals surface area contributed by atoms with Crippen LogP contribution < -0.4 is 10.5 Å². The Labute approximate surface area is 356 Å². The fraction of sp³-hybridized carbons (Fsp3) is 0.400. The van der Waals surface area contributed by atoms with Crippen molar-refractivity contribution in [1.29, 1.82) is 0 Å². The Morgan fingerprint density at radius 2 is 0.931 bits per heavy atom. The number of allylic oxidation sites excluding steroid dienone is 2. The summed E-state index contributed by atoms with van der Waals surface area (Å²) < 4.78 is -1.65. The second kappa shape index (κ2) is 19.5. The minimum atomic E-state index is -6.19. The quantitative estimate of drug-likeness (QED) is 0.0920. The molecule has 2 amide bonds. The van der Waals surface area contributed by atoms with Crippen molar-refractivity contribution in [1.82, 2.24) is 10.5 Å². The van der Waals surface area contributed by atoms with Gasteiger partial charge in [-0.1, -0.05) is 0 Å². The number of carbonyl (C=O) groups is 2. The third kappa shape index (κ3) is 8.55. The van der Waals surface area contributed by atoms with E-state index in [1.54, 1.807) is 0 Å². The summed E-state index contributed by atoms with van der Waals surface area (Å²) in [4.78, 5) is 27.6. The van der Waals surface area contributed by atoms with Crippen LogP contribution in [-0.2, 0) is 38.3 Å². The number of halogens is 2. The molecular formula is C50H62BCl2HfN2O2. The van der Waals surface area contributed by atoms with Gasteiger partial charge in [0.25, 0.3) is 0 Å². The number of aryl methyl sites for hydroxylation is 2. The molecule has 0 aromatic heterocycles. The van der Waals surface area contributed by atoms with Crippen molar-refractivity contribution in [2.75, 3.05) is 0 Å². The predicted octanol–water partition coefficient (Wildman–Crippen LogP) is 13.9. The summed E-state index contributed by atoms with van der Waals surface area (Å²) in [6, 6.07) is 30.7. The molecule has 0 saturated carbocycles. The predicted molar refractivity (Wildman–Crippen MR) is 247 cm³/mol. The van der Waals surface area contributed by atoms with E-state index in [4.69, 9.17) is 17.2 Å². The second-order valence-electron chi connectivity index (χ2n) is 16.4. The average Bonchev–Trinajstić information content (AvgIpc) is 3.82. The molecule has 0 fully saturated rings. The maximum absolute atomic E-state index is 13.8. The molecule has 4 aromatic rings. The molecule has 0 spiro atoms. The summed E-state index contributed by atoms with van der Waals surface area (Å²) in [5.74, 6) is -0.352. The van der Waals surface area contributed by atoms with Crippen LogP contribution in [0.1, 0.15) is 146 Å². The minimum absolute atomic E-state index is 0.176. The van der Waals surface area contributed by atoms with Crippen LogP contribution in [0.15, 0.2) is 96.1 Å². The first kappa shape index (κ1) is 44.4. The van der Waals surface area contributed by atoms with Gasteiger partial charge in [0.1, 0.15) is 0 Å². The van der Waals surface area contributed by atoms with Crippen LogP contribution in [0.5, 0.6) is 0 Å². The number of hydrogen-bond donors (Lipinski definition) is 2. The Morgan fingerprint density at radius 3 is 1.31 bits per heavy atom. The number of fused-ring (bicyclic) bond motifs is 2. The van der Waals surface area contributed by atoms with Gasteiger partial charge in [0, 0.05) is 0 Å². The van der Waals surface area contributed by atoms with Gasteiger partial charge in [0.2, 0.25) is 0 Å². The number of carbonyl (C=O) groups excluding carboxylic acids is 2. The fourth-order valence-corrected chi connectivity index (χ4v) is 39.5. The number of nitrogens with one attached hydrogen (secondary N) is 2. The Kier molecular flexibility index (Phi) is 14.9. The van der Waals surface area contributed by atoms with Gasteiger partial charge in [-0.2, -0.15) is 0 Å². The molecule has 2 aliphatic carbocycles. The third-order valence-electron chi connectivity index (χ3n) is 12.5. The van der Waals surface area contributed by atoms with Crippen LogP contribution in [0.3, 0.4) is 0 Å². The van der Waals surface area contributed by atoms with Gasteiger partial charge < -0.3 is 0 Å². The van der Waals surface area contributed by atoms with Crippen LogP contribution >= 0.6 is 17.2 Å². The van der Waals surface area contributed by atoms with Crippen LogP contribution in [0.4, 0.5) is 0 Å². The molecule has 4 aromatic carbocycles. The second-order valence-corrected chi connectivity index (χ2v) is 46.9. The van der Waals surface area contributed by atoms with Gasteiger partial charge in [-0.25, -0.2) is 0 Å². The Balaban J connectivity index is 1.71. The molecule has 0 bridgehead atoms. The number of benzene rings is 4. The van der Waals surface area contributed by atoms with Crippen LogP contribution in [0.25, 0.3) is 34.4 Å². The van der Waals surface area contributed by atoms with E-state index in [1.807, 2.05) is 13.8 Å². The molecule has 0 saturated heterocycles. The summed E-state index contributed by atoms with van der Waals surface area (Å²) in [5, 5.41) is 6.67. The Morgan fingerprint density at radius 1 is 0.534 bits per heavy atom. The molecule has 0 heterocycles. The zero-order valence-electron chi connectivity index (χ0n) is 35.5.